The summed E-state index contributed by atoms with van der Waals surface area (Å²) in [5.74, 6) is 0. The molecule has 0 bridgehead atoms. The Morgan fingerprint density at radius 1 is 1.09 bits per heavy atom. The molecule has 0 saturated carbocycles. The van der Waals surface area contributed by atoms with E-state index in [9.17, 15) is 0 Å². The second-order valence-corrected chi connectivity index (χ2v) is 6.53. The number of aryl methyl sites for hydroxylation is 3. The van der Waals surface area contributed by atoms with Gasteiger partial charge in [-0.2, -0.15) is 0 Å². The lowest BCUT2D eigenvalue weighted by atomic mass is 9.88. The minimum Gasteiger partial charge on any atom is -0.356 e. The van der Waals surface area contributed by atoms with Gasteiger partial charge in [0.15, 0.2) is 5.11 Å². The molecule has 0 unspecified atom stereocenters. The van der Waals surface area contributed by atoms with E-state index >= 15 is 0 Å². The summed E-state index contributed by atoms with van der Waals surface area (Å²) in [6.45, 7) is 4.21. The maximum Gasteiger partial charge on any atom is 0.171 e. The molecule has 0 heterocycles. The molecule has 0 fully saturated rings. The summed E-state index contributed by atoms with van der Waals surface area (Å²) in [5.41, 5.74) is 6.37. The lowest BCUT2D eigenvalue weighted by Crippen LogP contribution is -2.34. The Labute approximate surface area is 137 Å². The summed E-state index contributed by atoms with van der Waals surface area (Å²) in [6.07, 6.45) is 3.51. The highest BCUT2D eigenvalue weighted by atomic mass is 32.1. The number of thiocarbonyl (C=S) groups is 1. The molecule has 2 N–H and O–H groups in total. The molecule has 3 rings (SSSR count). The van der Waals surface area contributed by atoms with Gasteiger partial charge in [0.1, 0.15) is 0 Å². The van der Waals surface area contributed by atoms with E-state index in [1.54, 1.807) is 0 Å². The fraction of sp³-hybridized carbons (Fsp3) is 0.316. The number of nitrogens with one attached hydrogen (secondary N) is 2. The molecule has 2 aromatic carbocycles. The van der Waals surface area contributed by atoms with Crippen LogP contribution in [0.1, 0.15) is 41.1 Å². The molecule has 2 aromatic rings. The summed E-state index contributed by atoms with van der Waals surface area (Å²) in [4.78, 5) is 0. The predicted octanol–water partition coefficient (Wildman–Crippen LogP) is 4.67. The Morgan fingerprint density at radius 2 is 1.82 bits per heavy atom. The molecule has 0 saturated heterocycles. The fourth-order valence-corrected chi connectivity index (χ4v) is 3.54. The Hall–Kier alpha value is -1.87. The molecule has 0 spiro atoms. The van der Waals surface area contributed by atoms with Crippen LogP contribution < -0.4 is 10.6 Å². The third-order valence-corrected chi connectivity index (χ3v) is 4.37. The van der Waals surface area contributed by atoms with Crippen LogP contribution in [0.3, 0.4) is 0 Å². The van der Waals surface area contributed by atoms with Crippen LogP contribution in [0.2, 0.25) is 0 Å². The lowest BCUT2D eigenvalue weighted by Gasteiger charge is -2.27. The second-order valence-electron chi connectivity index (χ2n) is 6.12. The second kappa shape index (κ2) is 6.49. The zero-order valence-corrected chi connectivity index (χ0v) is 14.0. The molecule has 0 radical (unpaired) electrons. The molecule has 0 amide bonds. The largest absolute Gasteiger partial charge is 0.356 e. The molecule has 1 aliphatic rings. The van der Waals surface area contributed by atoms with Crippen LogP contribution in [0.15, 0.2) is 42.5 Å². The zero-order valence-electron chi connectivity index (χ0n) is 13.1. The van der Waals surface area contributed by atoms with E-state index in [1.165, 1.54) is 35.1 Å². The van der Waals surface area contributed by atoms with Gasteiger partial charge in [0, 0.05) is 5.69 Å². The van der Waals surface area contributed by atoms with Crippen LogP contribution in [-0.4, -0.2) is 5.11 Å². The molecule has 3 heteroatoms. The van der Waals surface area contributed by atoms with Crippen molar-refractivity contribution in [1.82, 2.24) is 5.32 Å². The molecular formula is C19H22N2S. The summed E-state index contributed by atoms with van der Waals surface area (Å²) in [6, 6.07) is 15.4. The van der Waals surface area contributed by atoms with Gasteiger partial charge in [-0.1, -0.05) is 30.3 Å². The van der Waals surface area contributed by atoms with Crippen molar-refractivity contribution in [1.29, 1.82) is 0 Å². The van der Waals surface area contributed by atoms with Crippen LogP contribution >= 0.6 is 12.2 Å². The first-order chi connectivity index (χ1) is 10.6. The van der Waals surface area contributed by atoms with Crippen molar-refractivity contribution in [3.8, 4) is 0 Å². The molecule has 1 atom stereocenters. The summed E-state index contributed by atoms with van der Waals surface area (Å²) < 4.78 is 0. The minimum atomic E-state index is 0.316. The third-order valence-electron chi connectivity index (χ3n) is 4.15. The van der Waals surface area contributed by atoms with E-state index in [-0.39, 0.29) is 0 Å². The van der Waals surface area contributed by atoms with Gasteiger partial charge in [0.25, 0.3) is 0 Å². The van der Waals surface area contributed by atoms with E-state index in [1.807, 2.05) is 0 Å². The molecular weight excluding hydrogens is 288 g/mol. The quantitative estimate of drug-likeness (QED) is 0.788. The highest BCUT2D eigenvalue weighted by Gasteiger charge is 2.20. The Morgan fingerprint density at radius 3 is 2.59 bits per heavy atom. The van der Waals surface area contributed by atoms with Crippen molar-refractivity contribution in [2.75, 3.05) is 5.32 Å². The standard InChI is InChI=1S/C19H22N2S/c1-13-10-14(2)12-16(11-13)20-19(22)21-18-9-5-7-15-6-3-4-8-17(15)18/h3-4,6,8,10-12,18H,5,7,9H2,1-2H3,(H2,20,21,22)/t18-/m1/s1. The molecule has 0 aromatic heterocycles. The predicted molar refractivity (Wildman–Crippen MR) is 97.4 cm³/mol. The van der Waals surface area contributed by atoms with Crippen LogP contribution in [0.25, 0.3) is 0 Å². The summed E-state index contributed by atoms with van der Waals surface area (Å²) >= 11 is 5.51. The van der Waals surface area contributed by atoms with Crippen LogP contribution in [0.4, 0.5) is 5.69 Å². The molecule has 0 aliphatic heterocycles. The van der Waals surface area contributed by atoms with Gasteiger partial charge in [-0.3, -0.25) is 0 Å². The highest BCUT2D eigenvalue weighted by molar-refractivity contribution is 7.80. The number of benzene rings is 2. The van der Waals surface area contributed by atoms with Crippen molar-refractivity contribution in [2.45, 2.75) is 39.2 Å². The van der Waals surface area contributed by atoms with Gasteiger partial charge in [0.05, 0.1) is 6.04 Å². The van der Waals surface area contributed by atoms with Crippen molar-refractivity contribution in [3.05, 3.63) is 64.7 Å². The SMILES string of the molecule is Cc1cc(C)cc(NC(=S)N[C@@H]2CCCc3ccccc32)c1. The third kappa shape index (κ3) is 3.47. The first kappa shape index (κ1) is 15.0. The van der Waals surface area contributed by atoms with Crippen molar-refractivity contribution in [2.24, 2.45) is 0 Å². The highest BCUT2D eigenvalue weighted by Crippen LogP contribution is 2.29. The fourth-order valence-electron chi connectivity index (χ4n) is 3.28. The Kier molecular flexibility index (Phi) is 4.44. The number of anilines is 1. The number of hydrogen-bond donors (Lipinski definition) is 2. The van der Waals surface area contributed by atoms with Crippen molar-refractivity contribution < 1.29 is 0 Å². The van der Waals surface area contributed by atoms with Gasteiger partial charge in [0.2, 0.25) is 0 Å². The first-order valence-electron chi connectivity index (χ1n) is 7.85. The number of hydrogen-bond acceptors (Lipinski definition) is 1. The van der Waals surface area contributed by atoms with Gasteiger partial charge < -0.3 is 10.6 Å². The minimum absolute atomic E-state index is 0.316. The van der Waals surface area contributed by atoms with Gasteiger partial charge in [-0.05, 0) is 79.7 Å². The summed E-state index contributed by atoms with van der Waals surface area (Å²) in [5, 5.41) is 7.51. The molecule has 114 valence electrons. The van der Waals surface area contributed by atoms with E-state index in [2.05, 4.69) is 66.9 Å². The van der Waals surface area contributed by atoms with E-state index < -0.39 is 0 Å². The average Bonchev–Trinajstić information content (AvgIpc) is 2.46. The van der Waals surface area contributed by atoms with E-state index in [0.717, 1.165) is 12.1 Å². The zero-order chi connectivity index (χ0) is 15.5. The average molecular weight is 310 g/mol. The Balaban J connectivity index is 1.70. The van der Waals surface area contributed by atoms with Gasteiger partial charge in [-0.15, -0.1) is 0 Å². The van der Waals surface area contributed by atoms with E-state index in [4.69, 9.17) is 12.2 Å². The van der Waals surface area contributed by atoms with Crippen LogP contribution in [-0.2, 0) is 6.42 Å². The summed E-state index contributed by atoms with van der Waals surface area (Å²) in [7, 11) is 0. The van der Waals surface area contributed by atoms with E-state index in [0.29, 0.717) is 11.2 Å². The Bertz CT molecular complexity index is 673. The van der Waals surface area contributed by atoms with Crippen LogP contribution in [0.5, 0.6) is 0 Å². The van der Waals surface area contributed by atoms with Gasteiger partial charge in [-0.25, -0.2) is 0 Å². The normalized spacial score (nSPS) is 16.7. The van der Waals surface area contributed by atoms with Crippen molar-refractivity contribution >= 4 is 23.0 Å². The lowest BCUT2D eigenvalue weighted by molar-refractivity contribution is 0.529. The van der Waals surface area contributed by atoms with Crippen LogP contribution in [0, 0.1) is 13.8 Å². The number of rotatable bonds is 2. The topological polar surface area (TPSA) is 24.1 Å². The maximum absolute atomic E-state index is 5.51. The smallest absolute Gasteiger partial charge is 0.171 e. The molecule has 2 nitrogen and oxygen atoms in total. The van der Waals surface area contributed by atoms with Gasteiger partial charge >= 0.3 is 0 Å². The number of fused-ring (bicyclic) bond motifs is 1. The van der Waals surface area contributed by atoms with Crippen molar-refractivity contribution in [3.63, 3.8) is 0 Å². The molecule has 22 heavy (non-hydrogen) atoms. The first-order valence-corrected chi connectivity index (χ1v) is 8.26. The maximum atomic E-state index is 5.51. The monoisotopic (exact) mass is 310 g/mol. The molecule has 1 aliphatic carbocycles.